The molecule has 5 heteroatoms. The predicted molar refractivity (Wildman–Crippen MR) is 219 cm³/mol. The van der Waals surface area contributed by atoms with E-state index in [4.69, 9.17) is 14.4 Å². The zero-order chi connectivity index (χ0) is 34.3. The first-order chi connectivity index (χ1) is 25.7. The monoisotopic (exact) mass is 683 g/mol. The number of hydrogen-bond donors (Lipinski definition) is 0. The van der Waals surface area contributed by atoms with Crippen molar-refractivity contribution in [2.75, 3.05) is 4.67 Å². The Balaban J connectivity index is 1.38. The Hall–Kier alpha value is -6.35. The number of nitrogens with zero attached hydrogens (tertiary/aromatic N) is 3. The molecule has 1 atom stereocenters. The number of para-hydroxylation sites is 2. The molecule has 0 saturated carbocycles. The van der Waals surface area contributed by atoms with E-state index in [9.17, 15) is 0 Å². The lowest BCUT2D eigenvalue weighted by Crippen LogP contribution is -2.31. The topological polar surface area (TPSA) is 42.2 Å². The summed E-state index contributed by atoms with van der Waals surface area (Å²) in [5, 5.41) is 10.5. The highest BCUT2D eigenvalue weighted by Gasteiger charge is 2.40. The third-order valence-corrected chi connectivity index (χ3v) is 12.9. The summed E-state index contributed by atoms with van der Waals surface area (Å²) in [7, 11) is -1.24. The van der Waals surface area contributed by atoms with Crippen molar-refractivity contribution in [2.24, 2.45) is 0 Å². The Morgan fingerprint density at radius 2 is 1.19 bits per heavy atom. The molecule has 10 aromatic rings. The van der Waals surface area contributed by atoms with Crippen molar-refractivity contribution in [3.05, 3.63) is 169 Å². The van der Waals surface area contributed by atoms with Crippen LogP contribution in [0.25, 0.3) is 76.8 Å². The Kier molecular flexibility index (Phi) is 6.40. The van der Waals surface area contributed by atoms with E-state index < -0.39 is 8.07 Å². The maximum atomic E-state index is 7.17. The molecule has 0 fully saturated rings. The number of benzene rings is 8. The number of hydrogen-bond acceptors (Lipinski definition) is 4. The van der Waals surface area contributed by atoms with Crippen LogP contribution in [0.3, 0.4) is 0 Å². The second-order valence-corrected chi connectivity index (χ2v) is 15.4. The molecule has 1 aliphatic heterocycles. The van der Waals surface area contributed by atoms with Gasteiger partial charge in [0.2, 0.25) is 5.95 Å². The predicted octanol–water partition coefficient (Wildman–Crippen LogP) is 12.0. The van der Waals surface area contributed by atoms with Gasteiger partial charge in [-0.2, -0.15) is 0 Å². The largest absolute Gasteiger partial charge is 0.454 e. The Bertz CT molecular complexity index is 3050. The highest BCUT2D eigenvalue weighted by molar-refractivity contribution is 7.75. The van der Waals surface area contributed by atoms with E-state index in [-0.39, 0.29) is 0 Å². The van der Waals surface area contributed by atoms with E-state index >= 15 is 0 Å². The van der Waals surface area contributed by atoms with Crippen molar-refractivity contribution < 1.29 is 4.42 Å². The van der Waals surface area contributed by atoms with Crippen molar-refractivity contribution in [1.82, 2.24) is 9.97 Å². The normalized spacial score (nSPS) is 14.0. The molecule has 0 aliphatic carbocycles. The van der Waals surface area contributed by atoms with Crippen LogP contribution in [0.2, 0.25) is 0 Å². The van der Waals surface area contributed by atoms with E-state index in [1.807, 2.05) is 0 Å². The van der Waals surface area contributed by atoms with Gasteiger partial charge in [0.25, 0.3) is 0 Å². The van der Waals surface area contributed by atoms with Crippen molar-refractivity contribution in [1.29, 1.82) is 0 Å². The molecule has 4 nitrogen and oxygen atoms in total. The van der Waals surface area contributed by atoms with Crippen molar-refractivity contribution in [2.45, 2.75) is 6.92 Å². The average Bonchev–Trinajstić information content (AvgIpc) is 3.61. The maximum absolute atomic E-state index is 7.17. The summed E-state index contributed by atoms with van der Waals surface area (Å²) in [6.45, 7) is 2.13. The first-order valence-electron chi connectivity index (χ1n) is 17.6. The number of rotatable bonds is 3. The van der Waals surface area contributed by atoms with Crippen molar-refractivity contribution >= 4 is 84.7 Å². The van der Waals surface area contributed by atoms with Crippen LogP contribution in [0.5, 0.6) is 0 Å². The summed E-state index contributed by atoms with van der Waals surface area (Å²) in [6.07, 6.45) is 0. The van der Waals surface area contributed by atoms with Gasteiger partial charge in [0.15, 0.2) is 5.58 Å². The van der Waals surface area contributed by atoms with Gasteiger partial charge in [-0.25, -0.2) is 9.97 Å². The van der Waals surface area contributed by atoms with Crippen LogP contribution in [0.15, 0.2) is 168 Å². The molecule has 8 aromatic carbocycles. The summed E-state index contributed by atoms with van der Waals surface area (Å²) in [4.78, 5) is 11.0. The molecular weight excluding hydrogens is 654 g/mol. The van der Waals surface area contributed by atoms with Crippen molar-refractivity contribution in [3.8, 4) is 22.4 Å². The number of aryl methyl sites for hydroxylation is 1. The van der Waals surface area contributed by atoms with Gasteiger partial charge < -0.3 is 4.42 Å². The SMILES string of the molecule is Cc1cccc2c1oc1c3c(c4ccccc4c12)-c1c(ccc2ccccc12)P(c1ccccc1)N3c1nc(-c2ccccc2)c2ccccc2n1. The van der Waals surface area contributed by atoms with Gasteiger partial charge in [-0.3, -0.25) is 4.67 Å². The van der Waals surface area contributed by atoms with Gasteiger partial charge in [0.1, 0.15) is 11.3 Å². The summed E-state index contributed by atoms with van der Waals surface area (Å²) in [5.41, 5.74) is 9.16. The van der Waals surface area contributed by atoms with E-state index in [0.29, 0.717) is 5.95 Å². The van der Waals surface area contributed by atoms with Crippen LogP contribution < -0.4 is 15.3 Å². The Morgan fingerprint density at radius 3 is 2.02 bits per heavy atom. The summed E-state index contributed by atoms with van der Waals surface area (Å²) in [5.74, 6) is 0.654. The van der Waals surface area contributed by atoms with Gasteiger partial charge in [-0.1, -0.05) is 158 Å². The minimum absolute atomic E-state index is 0.654. The van der Waals surface area contributed by atoms with E-state index in [0.717, 1.165) is 60.9 Å². The van der Waals surface area contributed by atoms with Gasteiger partial charge >= 0.3 is 0 Å². The van der Waals surface area contributed by atoms with Crippen LogP contribution in [0.4, 0.5) is 11.6 Å². The molecule has 0 radical (unpaired) electrons. The van der Waals surface area contributed by atoms with Gasteiger partial charge in [0.05, 0.1) is 19.3 Å². The zero-order valence-corrected chi connectivity index (χ0v) is 29.2. The van der Waals surface area contributed by atoms with Crippen molar-refractivity contribution in [3.63, 3.8) is 0 Å². The molecule has 2 aromatic heterocycles. The molecule has 0 N–H and O–H groups in total. The molecule has 3 heterocycles. The fourth-order valence-electron chi connectivity index (χ4n) is 8.21. The maximum Gasteiger partial charge on any atom is 0.235 e. The first-order valence-corrected chi connectivity index (χ1v) is 18.9. The van der Waals surface area contributed by atoms with Gasteiger partial charge in [0, 0.05) is 43.5 Å². The molecule has 1 aliphatic rings. The van der Waals surface area contributed by atoms with E-state index in [2.05, 4.69) is 175 Å². The Morgan fingerprint density at radius 1 is 0.519 bits per heavy atom. The van der Waals surface area contributed by atoms with Gasteiger partial charge in [-0.05, 0) is 40.1 Å². The lowest BCUT2D eigenvalue weighted by atomic mass is 9.90. The molecule has 0 amide bonds. The smallest absolute Gasteiger partial charge is 0.235 e. The summed E-state index contributed by atoms with van der Waals surface area (Å²) >= 11 is 0. The van der Waals surface area contributed by atoms with Crippen LogP contribution >= 0.6 is 8.07 Å². The molecule has 11 rings (SSSR count). The van der Waals surface area contributed by atoms with Gasteiger partial charge in [-0.15, -0.1) is 0 Å². The third kappa shape index (κ3) is 4.19. The minimum Gasteiger partial charge on any atom is -0.454 e. The number of furan rings is 1. The molecule has 244 valence electrons. The quantitative estimate of drug-likeness (QED) is 0.174. The first kappa shape index (κ1) is 29.4. The number of anilines is 2. The molecule has 0 bridgehead atoms. The standard InChI is InChI=1S/C47H30N3OP/c1-29-15-14-25-37-40-34-22-10-11-23-35(34)42-41-33-21-9-8-16-30(33)27-28-39(41)52(32-19-6-3-7-20-32)50(44(42)46(40)51-45(29)37)47-48-38-26-13-12-24-36(38)43(49-47)31-17-4-2-5-18-31/h2-28H,1H3. The fraction of sp³-hybridized carbons (Fsp3) is 0.0213. The highest BCUT2D eigenvalue weighted by atomic mass is 31.1. The minimum atomic E-state index is -1.24. The number of aromatic nitrogens is 2. The molecule has 52 heavy (non-hydrogen) atoms. The van der Waals surface area contributed by atoms with Crippen LogP contribution in [0, 0.1) is 6.92 Å². The summed E-state index contributed by atoms with van der Waals surface area (Å²) < 4.78 is 9.60. The molecule has 0 spiro atoms. The zero-order valence-electron chi connectivity index (χ0n) is 28.3. The molecular formula is C47H30N3OP. The van der Waals surface area contributed by atoms with Crippen LogP contribution in [-0.4, -0.2) is 9.97 Å². The summed E-state index contributed by atoms with van der Waals surface area (Å²) in [6, 6.07) is 58.4. The third-order valence-electron chi connectivity index (χ3n) is 10.5. The highest BCUT2D eigenvalue weighted by Crippen LogP contribution is 2.61. The van der Waals surface area contributed by atoms with E-state index in [1.165, 1.54) is 37.7 Å². The second kappa shape index (κ2) is 11.3. The van der Waals surface area contributed by atoms with E-state index in [1.54, 1.807) is 0 Å². The van der Waals surface area contributed by atoms with Crippen LogP contribution in [-0.2, 0) is 0 Å². The lowest BCUT2D eigenvalue weighted by molar-refractivity contribution is 0.666. The number of fused-ring (bicyclic) bond motifs is 13. The molecule has 1 unspecified atom stereocenters. The second-order valence-electron chi connectivity index (χ2n) is 13.4. The Labute approximate surface area is 301 Å². The van der Waals surface area contributed by atoms with Crippen LogP contribution in [0.1, 0.15) is 5.56 Å². The average molecular weight is 684 g/mol. The fourth-order valence-corrected chi connectivity index (χ4v) is 10.7. The lowest BCUT2D eigenvalue weighted by Gasteiger charge is -2.40. The molecule has 0 saturated heterocycles.